The first kappa shape index (κ1) is 11.8. The number of aromatic nitrogens is 1. The van der Waals surface area contributed by atoms with E-state index in [2.05, 4.69) is 10.3 Å². The van der Waals surface area contributed by atoms with Gasteiger partial charge in [0.05, 0.1) is 6.61 Å². The van der Waals surface area contributed by atoms with Crippen molar-refractivity contribution in [3.8, 4) is 5.88 Å². The van der Waals surface area contributed by atoms with Crippen LogP contribution in [0, 0.1) is 0 Å². The SMILES string of the molecule is O=C(CCl)NCCCOc1ccccn1. The third kappa shape index (κ3) is 5.22. The highest BCUT2D eigenvalue weighted by Gasteiger charge is 1.97. The maximum Gasteiger partial charge on any atom is 0.234 e. The first-order valence-electron chi connectivity index (χ1n) is 4.69. The molecule has 0 fully saturated rings. The molecule has 1 rings (SSSR count). The van der Waals surface area contributed by atoms with Crippen LogP contribution >= 0.6 is 11.6 Å². The van der Waals surface area contributed by atoms with Crippen molar-refractivity contribution >= 4 is 17.5 Å². The number of rotatable bonds is 6. The highest BCUT2D eigenvalue weighted by molar-refractivity contribution is 6.27. The summed E-state index contributed by atoms with van der Waals surface area (Å²) in [4.78, 5) is 14.7. The summed E-state index contributed by atoms with van der Waals surface area (Å²) in [6.45, 7) is 1.10. The van der Waals surface area contributed by atoms with Crippen molar-refractivity contribution in [2.45, 2.75) is 6.42 Å². The summed E-state index contributed by atoms with van der Waals surface area (Å²) < 4.78 is 5.33. The fourth-order valence-corrected chi connectivity index (χ4v) is 1.05. The lowest BCUT2D eigenvalue weighted by Gasteiger charge is -2.05. The van der Waals surface area contributed by atoms with Gasteiger partial charge in [0.2, 0.25) is 11.8 Å². The number of hydrogen-bond acceptors (Lipinski definition) is 3. The van der Waals surface area contributed by atoms with E-state index in [0.717, 1.165) is 6.42 Å². The molecule has 0 aliphatic carbocycles. The van der Waals surface area contributed by atoms with Crippen LogP contribution in [0.3, 0.4) is 0 Å². The number of pyridine rings is 1. The molecule has 0 aliphatic rings. The minimum Gasteiger partial charge on any atom is -0.478 e. The van der Waals surface area contributed by atoms with Crippen LogP contribution in [0.5, 0.6) is 5.88 Å². The maximum atomic E-state index is 10.7. The quantitative estimate of drug-likeness (QED) is 0.588. The Bertz CT molecular complexity index is 293. The van der Waals surface area contributed by atoms with Gasteiger partial charge >= 0.3 is 0 Å². The number of carbonyl (C=O) groups is 1. The highest BCUT2D eigenvalue weighted by Crippen LogP contribution is 2.02. The number of alkyl halides is 1. The molecule has 5 heteroatoms. The molecule has 1 N–H and O–H groups in total. The molecule has 0 aromatic carbocycles. The Balaban J connectivity index is 2.05. The second kappa shape index (κ2) is 7.06. The van der Waals surface area contributed by atoms with Crippen LogP contribution in [-0.2, 0) is 4.79 Å². The van der Waals surface area contributed by atoms with Crippen LogP contribution < -0.4 is 10.1 Å². The number of halogens is 1. The molecule has 0 saturated carbocycles. The van der Waals surface area contributed by atoms with Crippen LogP contribution in [0.1, 0.15) is 6.42 Å². The average Bonchev–Trinajstić information content (AvgIpc) is 2.29. The molecule has 0 bridgehead atoms. The topological polar surface area (TPSA) is 51.2 Å². The summed E-state index contributed by atoms with van der Waals surface area (Å²) in [5.41, 5.74) is 0. The molecule has 0 spiro atoms. The van der Waals surface area contributed by atoms with Crippen LogP contribution in [0.2, 0.25) is 0 Å². The first-order valence-corrected chi connectivity index (χ1v) is 5.23. The Morgan fingerprint density at radius 1 is 1.53 bits per heavy atom. The molecular weight excluding hydrogens is 216 g/mol. The molecule has 0 aliphatic heterocycles. The smallest absolute Gasteiger partial charge is 0.234 e. The van der Waals surface area contributed by atoms with Crippen LogP contribution in [0.4, 0.5) is 0 Å². The largest absolute Gasteiger partial charge is 0.478 e. The Kier molecular flexibility index (Phi) is 5.55. The number of carbonyl (C=O) groups excluding carboxylic acids is 1. The monoisotopic (exact) mass is 228 g/mol. The maximum absolute atomic E-state index is 10.7. The Labute approximate surface area is 93.6 Å². The Morgan fingerprint density at radius 2 is 2.40 bits per heavy atom. The summed E-state index contributed by atoms with van der Waals surface area (Å²) in [5, 5.41) is 2.65. The number of ether oxygens (including phenoxy) is 1. The lowest BCUT2D eigenvalue weighted by Crippen LogP contribution is -2.26. The molecule has 4 nitrogen and oxygen atoms in total. The summed E-state index contributed by atoms with van der Waals surface area (Å²) in [6.07, 6.45) is 2.41. The molecule has 0 radical (unpaired) electrons. The van der Waals surface area contributed by atoms with Gasteiger partial charge in [0, 0.05) is 18.8 Å². The van der Waals surface area contributed by atoms with Gasteiger partial charge in [-0.05, 0) is 12.5 Å². The van der Waals surface area contributed by atoms with Crippen molar-refractivity contribution in [2.24, 2.45) is 0 Å². The van der Waals surface area contributed by atoms with E-state index in [0.29, 0.717) is 19.0 Å². The van der Waals surface area contributed by atoms with Gasteiger partial charge in [0.15, 0.2) is 0 Å². The van der Waals surface area contributed by atoms with Crippen molar-refractivity contribution in [3.63, 3.8) is 0 Å². The van der Waals surface area contributed by atoms with Gasteiger partial charge < -0.3 is 10.1 Å². The molecule has 1 aromatic rings. The zero-order valence-electron chi connectivity index (χ0n) is 8.28. The molecule has 0 unspecified atom stereocenters. The lowest BCUT2D eigenvalue weighted by atomic mass is 10.4. The second-order valence-electron chi connectivity index (χ2n) is 2.85. The standard InChI is InChI=1S/C10H13ClN2O2/c11-8-9(14)12-6-3-7-15-10-4-1-2-5-13-10/h1-2,4-5H,3,6-8H2,(H,12,14). The molecule has 0 atom stereocenters. The van der Waals surface area contributed by atoms with Crippen molar-refractivity contribution in [1.29, 1.82) is 0 Å². The highest BCUT2D eigenvalue weighted by atomic mass is 35.5. The molecule has 82 valence electrons. The third-order valence-electron chi connectivity index (χ3n) is 1.65. The van der Waals surface area contributed by atoms with Crippen molar-refractivity contribution in [3.05, 3.63) is 24.4 Å². The molecule has 15 heavy (non-hydrogen) atoms. The van der Waals surface area contributed by atoms with E-state index in [-0.39, 0.29) is 11.8 Å². The fraction of sp³-hybridized carbons (Fsp3) is 0.400. The zero-order chi connectivity index (χ0) is 10.9. The van der Waals surface area contributed by atoms with Gasteiger partial charge in [-0.3, -0.25) is 4.79 Å². The predicted molar refractivity (Wildman–Crippen MR) is 58.1 cm³/mol. The number of nitrogens with zero attached hydrogens (tertiary/aromatic N) is 1. The van der Waals surface area contributed by atoms with E-state index >= 15 is 0 Å². The normalized spacial score (nSPS) is 9.67. The number of hydrogen-bond donors (Lipinski definition) is 1. The minimum absolute atomic E-state index is 0.00109. The Morgan fingerprint density at radius 3 is 3.07 bits per heavy atom. The summed E-state index contributed by atoms with van der Waals surface area (Å²) >= 11 is 5.31. The number of nitrogens with one attached hydrogen (secondary N) is 1. The van der Waals surface area contributed by atoms with Crippen LogP contribution in [-0.4, -0.2) is 29.9 Å². The fourth-order valence-electron chi connectivity index (χ4n) is 0.956. The third-order valence-corrected chi connectivity index (χ3v) is 1.90. The van der Waals surface area contributed by atoms with Crippen molar-refractivity contribution in [2.75, 3.05) is 19.0 Å². The van der Waals surface area contributed by atoms with Crippen molar-refractivity contribution in [1.82, 2.24) is 10.3 Å². The van der Waals surface area contributed by atoms with Gasteiger partial charge in [0.1, 0.15) is 5.88 Å². The molecular formula is C10H13ClN2O2. The van der Waals surface area contributed by atoms with E-state index in [9.17, 15) is 4.79 Å². The lowest BCUT2D eigenvalue weighted by molar-refractivity contribution is -0.118. The minimum atomic E-state index is -0.158. The van der Waals surface area contributed by atoms with E-state index in [1.807, 2.05) is 12.1 Å². The number of amides is 1. The molecule has 1 amide bonds. The van der Waals surface area contributed by atoms with Gasteiger partial charge in [-0.25, -0.2) is 4.98 Å². The summed E-state index contributed by atoms with van der Waals surface area (Å²) in [6, 6.07) is 5.47. The van der Waals surface area contributed by atoms with Crippen LogP contribution in [0.15, 0.2) is 24.4 Å². The average molecular weight is 229 g/mol. The molecule has 1 heterocycles. The zero-order valence-corrected chi connectivity index (χ0v) is 9.04. The summed E-state index contributed by atoms with van der Waals surface area (Å²) in [7, 11) is 0. The van der Waals surface area contributed by atoms with Crippen molar-refractivity contribution < 1.29 is 9.53 Å². The second-order valence-corrected chi connectivity index (χ2v) is 3.12. The van der Waals surface area contributed by atoms with Gasteiger partial charge in [0.25, 0.3) is 0 Å². The molecule has 1 aromatic heterocycles. The van der Waals surface area contributed by atoms with E-state index in [1.165, 1.54) is 0 Å². The van der Waals surface area contributed by atoms with Gasteiger partial charge in [-0.15, -0.1) is 11.6 Å². The molecule has 0 saturated heterocycles. The first-order chi connectivity index (χ1) is 7.33. The van der Waals surface area contributed by atoms with E-state index < -0.39 is 0 Å². The van der Waals surface area contributed by atoms with Crippen LogP contribution in [0.25, 0.3) is 0 Å². The van der Waals surface area contributed by atoms with E-state index in [1.54, 1.807) is 12.3 Å². The predicted octanol–water partition coefficient (Wildman–Crippen LogP) is 1.21. The van der Waals surface area contributed by atoms with E-state index in [4.69, 9.17) is 16.3 Å². The summed E-state index contributed by atoms with van der Waals surface area (Å²) in [5.74, 6) is 0.442. The van der Waals surface area contributed by atoms with Gasteiger partial charge in [-0.2, -0.15) is 0 Å². The van der Waals surface area contributed by atoms with Gasteiger partial charge in [-0.1, -0.05) is 6.07 Å². The Hall–Kier alpha value is -1.29.